The van der Waals surface area contributed by atoms with Gasteiger partial charge in [-0.2, -0.15) is 0 Å². The van der Waals surface area contributed by atoms with Gasteiger partial charge in [-0.05, 0) is 37.4 Å². The average molecular weight is 307 g/mol. The topological polar surface area (TPSA) is 33.5 Å². The number of nitrogens with one attached hydrogen (secondary N) is 2. The van der Waals surface area contributed by atoms with E-state index in [-0.39, 0.29) is 17.6 Å². The van der Waals surface area contributed by atoms with Crippen LogP contribution >= 0.6 is 11.3 Å². The van der Waals surface area contributed by atoms with Crippen molar-refractivity contribution in [2.75, 3.05) is 11.9 Å². The zero-order valence-electron chi connectivity index (χ0n) is 12.2. The molecule has 0 aliphatic carbocycles. The number of para-hydroxylation sites is 1. The molecule has 0 spiro atoms. The van der Waals surface area contributed by atoms with Gasteiger partial charge in [0.05, 0.1) is 17.1 Å². The number of thiophene rings is 1. The Kier molecular flexibility index (Phi) is 5.47. The number of quaternary nitrogens is 1. The fourth-order valence-electron chi connectivity index (χ4n) is 2.21. The van der Waals surface area contributed by atoms with E-state index in [0.29, 0.717) is 0 Å². The molecule has 1 aromatic heterocycles. The summed E-state index contributed by atoms with van der Waals surface area (Å²) in [7, 11) is 0. The Balaban J connectivity index is 2.01. The second-order valence-electron chi connectivity index (χ2n) is 4.96. The number of carbonyl (C=O) groups is 1. The molecule has 2 atom stereocenters. The van der Waals surface area contributed by atoms with Crippen molar-refractivity contribution in [2.24, 2.45) is 0 Å². The van der Waals surface area contributed by atoms with Crippen LogP contribution in [0.3, 0.4) is 0 Å². The zero-order chi connectivity index (χ0) is 15.2. The van der Waals surface area contributed by atoms with Crippen molar-refractivity contribution in [1.82, 2.24) is 0 Å². The Bertz CT molecular complexity index is 586. The molecule has 2 N–H and O–H groups in total. The Morgan fingerprint density at radius 3 is 2.71 bits per heavy atom. The van der Waals surface area contributed by atoms with Gasteiger partial charge in [-0.15, -0.1) is 11.3 Å². The fourth-order valence-corrected chi connectivity index (χ4v) is 2.97. The van der Waals surface area contributed by atoms with Crippen molar-refractivity contribution < 1.29 is 14.1 Å². The van der Waals surface area contributed by atoms with Gasteiger partial charge in [-0.3, -0.25) is 4.79 Å². The lowest BCUT2D eigenvalue weighted by molar-refractivity contribution is -0.925. The third kappa shape index (κ3) is 4.12. The Hall–Kier alpha value is -1.72. The van der Waals surface area contributed by atoms with Gasteiger partial charge in [0.15, 0.2) is 6.04 Å². The first kappa shape index (κ1) is 15.7. The van der Waals surface area contributed by atoms with E-state index in [1.165, 1.54) is 10.9 Å². The van der Waals surface area contributed by atoms with Gasteiger partial charge in [0.1, 0.15) is 12.4 Å². The summed E-state index contributed by atoms with van der Waals surface area (Å²) in [6, 6.07) is 10.1. The summed E-state index contributed by atoms with van der Waals surface area (Å²) in [5.41, 5.74) is 0.237. The van der Waals surface area contributed by atoms with Crippen LogP contribution in [0.4, 0.5) is 10.1 Å². The highest BCUT2D eigenvalue weighted by molar-refractivity contribution is 7.09. The summed E-state index contributed by atoms with van der Waals surface area (Å²) in [6.07, 6.45) is 0. The van der Waals surface area contributed by atoms with Gasteiger partial charge in [0.2, 0.25) is 0 Å². The van der Waals surface area contributed by atoms with Crippen molar-refractivity contribution in [3.05, 3.63) is 52.5 Å². The minimum atomic E-state index is -0.408. The quantitative estimate of drug-likeness (QED) is 0.844. The maximum Gasteiger partial charge on any atom is 0.282 e. The summed E-state index contributed by atoms with van der Waals surface area (Å²) in [6.45, 7) is 5.57. The van der Waals surface area contributed by atoms with Crippen LogP contribution in [-0.4, -0.2) is 18.5 Å². The molecular formula is C16H20FN2OS+. The molecule has 0 aliphatic heterocycles. The fraction of sp³-hybridized carbons (Fsp3) is 0.312. The summed E-state index contributed by atoms with van der Waals surface area (Å²) < 4.78 is 13.6. The van der Waals surface area contributed by atoms with Crippen molar-refractivity contribution in [2.45, 2.75) is 26.4 Å². The van der Waals surface area contributed by atoms with Crippen molar-refractivity contribution in [3.8, 4) is 0 Å². The predicted molar refractivity (Wildman–Crippen MR) is 84.0 cm³/mol. The number of hydrogen-bond donors (Lipinski definition) is 2. The van der Waals surface area contributed by atoms with E-state index in [9.17, 15) is 9.18 Å². The average Bonchev–Trinajstić information content (AvgIpc) is 2.99. The molecule has 2 aromatic rings. The van der Waals surface area contributed by atoms with E-state index in [1.54, 1.807) is 29.5 Å². The standard InChI is InChI=1S/C16H19FN2OS/c1-3-19(11-13-7-6-10-21-13)12(2)16(20)18-15-9-5-4-8-14(15)17/h4-10,12H,3,11H2,1-2H3,(H,18,20)/p+1/t12-/m1/s1. The number of amides is 1. The normalized spacial score (nSPS) is 13.7. The summed E-state index contributed by atoms with van der Waals surface area (Å²) in [5.74, 6) is -0.567. The number of anilines is 1. The predicted octanol–water partition coefficient (Wildman–Crippen LogP) is 2.32. The van der Waals surface area contributed by atoms with Crippen LogP contribution in [0.5, 0.6) is 0 Å². The summed E-state index contributed by atoms with van der Waals surface area (Å²) in [4.78, 5) is 14.7. The Morgan fingerprint density at radius 1 is 1.33 bits per heavy atom. The van der Waals surface area contributed by atoms with Gasteiger partial charge in [0, 0.05) is 0 Å². The molecule has 0 saturated heterocycles. The highest BCUT2D eigenvalue weighted by atomic mass is 32.1. The highest BCUT2D eigenvalue weighted by Crippen LogP contribution is 2.12. The maximum atomic E-state index is 13.6. The van der Waals surface area contributed by atoms with E-state index in [4.69, 9.17) is 0 Å². The largest absolute Gasteiger partial charge is 0.321 e. The van der Waals surface area contributed by atoms with E-state index in [0.717, 1.165) is 18.0 Å². The number of rotatable bonds is 6. The monoisotopic (exact) mass is 307 g/mol. The molecule has 0 bridgehead atoms. The van der Waals surface area contributed by atoms with Gasteiger partial charge in [0.25, 0.3) is 5.91 Å². The van der Waals surface area contributed by atoms with Gasteiger partial charge in [-0.1, -0.05) is 18.2 Å². The SMILES string of the molecule is CC[NH+](Cc1cccs1)[C@H](C)C(=O)Nc1ccccc1F. The molecule has 2 rings (SSSR count). The smallest absolute Gasteiger partial charge is 0.282 e. The van der Waals surface area contributed by atoms with E-state index >= 15 is 0 Å². The third-order valence-corrected chi connectivity index (χ3v) is 4.45. The Morgan fingerprint density at radius 2 is 2.10 bits per heavy atom. The first-order chi connectivity index (χ1) is 10.1. The van der Waals surface area contributed by atoms with Crippen LogP contribution in [0.15, 0.2) is 41.8 Å². The maximum absolute atomic E-state index is 13.6. The lowest BCUT2D eigenvalue weighted by atomic mass is 10.2. The molecule has 1 amide bonds. The number of hydrogen-bond acceptors (Lipinski definition) is 2. The van der Waals surface area contributed by atoms with Crippen LogP contribution < -0.4 is 10.2 Å². The zero-order valence-corrected chi connectivity index (χ0v) is 13.0. The van der Waals surface area contributed by atoms with Crippen LogP contribution in [0.25, 0.3) is 0 Å². The molecular weight excluding hydrogens is 287 g/mol. The van der Waals surface area contributed by atoms with Crippen LogP contribution in [-0.2, 0) is 11.3 Å². The van der Waals surface area contributed by atoms with Gasteiger partial charge < -0.3 is 10.2 Å². The molecule has 0 fully saturated rings. The molecule has 0 aliphatic rings. The van der Waals surface area contributed by atoms with Crippen LogP contribution in [0.2, 0.25) is 0 Å². The van der Waals surface area contributed by atoms with Crippen LogP contribution in [0, 0.1) is 5.82 Å². The van der Waals surface area contributed by atoms with Gasteiger partial charge in [-0.25, -0.2) is 4.39 Å². The highest BCUT2D eigenvalue weighted by Gasteiger charge is 2.24. The van der Waals surface area contributed by atoms with E-state index in [2.05, 4.69) is 18.3 Å². The number of benzene rings is 1. The third-order valence-electron chi connectivity index (χ3n) is 3.57. The number of halogens is 1. The van der Waals surface area contributed by atoms with E-state index in [1.807, 2.05) is 18.4 Å². The van der Waals surface area contributed by atoms with Gasteiger partial charge >= 0.3 is 0 Å². The lowest BCUT2D eigenvalue weighted by Gasteiger charge is -2.23. The molecule has 21 heavy (non-hydrogen) atoms. The molecule has 5 heteroatoms. The first-order valence-electron chi connectivity index (χ1n) is 7.04. The number of likely N-dealkylation sites (N-methyl/N-ethyl adjacent to an activating group) is 1. The summed E-state index contributed by atoms with van der Waals surface area (Å²) in [5, 5.41) is 4.71. The molecule has 1 aromatic carbocycles. The van der Waals surface area contributed by atoms with Crippen LogP contribution in [0.1, 0.15) is 18.7 Å². The van der Waals surface area contributed by atoms with E-state index < -0.39 is 5.82 Å². The minimum Gasteiger partial charge on any atom is -0.321 e. The molecule has 0 radical (unpaired) electrons. The molecule has 1 heterocycles. The molecule has 3 nitrogen and oxygen atoms in total. The lowest BCUT2D eigenvalue weighted by Crippen LogP contribution is -3.15. The van der Waals surface area contributed by atoms with Crippen molar-refractivity contribution in [1.29, 1.82) is 0 Å². The minimum absolute atomic E-state index is 0.159. The summed E-state index contributed by atoms with van der Waals surface area (Å²) >= 11 is 1.69. The molecule has 112 valence electrons. The Labute approximate surface area is 128 Å². The molecule has 1 unspecified atom stereocenters. The van der Waals surface area contributed by atoms with Crippen molar-refractivity contribution >= 4 is 22.9 Å². The first-order valence-corrected chi connectivity index (χ1v) is 7.92. The van der Waals surface area contributed by atoms with Crippen molar-refractivity contribution in [3.63, 3.8) is 0 Å². The second kappa shape index (κ2) is 7.33. The second-order valence-corrected chi connectivity index (χ2v) is 5.99. The number of carbonyl (C=O) groups excluding carboxylic acids is 1. The molecule has 0 saturated carbocycles.